The van der Waals surface area contributed by atoms with Gasteiger partial charge in [0.2, 0.25) is 0 Å². The van der Waals surface area contributed by atoms with Gasteiger partial charge in [0.05, 0.1) is 18.4 Å². The molecule has 2 unspecified atom stereocenters. The molecule has 1 fully saturated rings. The van der Waals surface area contributed by atoms with Gasteiger partial charge in [0.25, 0.3) is 0 Å². The molecule has 1 aromatic heterocycles. The normalized spacial score (nSPS) is 29.3. The van der Waals surface area contributed by atoms with Crippen molar-refractivity contribution in [1.29, 1.82) is 0 Å². The van der Waals surface area contributed by atoms with E-state index in [1.807, 2.05) is 13.0 Å². The average molecular weight is 221 g/mol. The molecule has 3 heteroatoms. The number of hydrogen-bond acceptors (Lipinski definition) is 3. The molecule has 0 aliphatic heterocycles. The fraction of sp³-hybridized carbons (Fsp3) is 0.615. The van der Waals surface area contributed by atoms with Crippen LogP contribution in [0.3, 0.4) is 0 Å². The van der Waals surface area contributed by atoms with Crippen molar-refractivity contribution < 1.29 is 9.84 Å². The predicted octanol–water partition coefficient (Wildman–Crippen LogP) is 2.49. The molecule has 16 heavy (non-hydrogen) atoms. The van der Waals surface area contributed by atoms with Gasteiger partial charge >= 0.3 is 0 Å². The van der Waals surface area contributed by atoms with Gasteiger partial charge in [-0.25, -0.2) is 0 Å². The van der Waals surface area contributed by atoms with Crippen molar-refractivity contribution >= 4 is 0 Å². The van der Waals surface area contributed by atoms with E-state index in [1.54, 1.807) is 12.4 Å². The first-order chi connectivity index (χ1) is 7.64. The van der Waals surface area contributed by atoms with E-state index in [2.05, 4.69) is 11.9 Å². The van der Waals surface area contributed by atoms with Crippen molar-refractivity contribution in [3.63, 3.8) is 0 Å². The summed E-state index contributed by atoms with van der Waals surface area (Å²) in [4.78, 5) is 4.13. The van der Waals surface area contributed by atoms with Gasteiger partial charge in [0.15, 0.2) is 0 Å². The first-order valence-corrected chi connectivity index (χ1v) is 5.95. The number of pyridine rings is 1. The Morgan fingerprint density at radius 3 is 3.00 bits per heavy atom. The lowest BCUT2D eigenvalue weighted by atomic mass is 9.92. The van der Waals surface area contributed by atoms with E-state index in [0.29, 0.717) is 12.5 Å². The molecule has 88 valence electrons. The minimum atomic E-state index is -0.695. The zero-order valence-electron chi connectivity index (χ0n) is 9.94. The Hall–Kier alpha value is -1.09. The van der Waals surface area contributed by atoms with E-state index in [1.165, 1.54) is 0 Å². The molecule has 2 atom stereocenters. The maximum absolute atomic E-state index is 10.5. The minimum Gasteiger partial charge on any atom is -0.492 e. The van der Waals surface area contributed by atoms with Crippen LogP contribution in [-0.2, 0) is 5.60 Å². The highest BCUT2D eigenvalue weighted by atomic mass is 16.5. The van der Waals surface area contributed by atoms with Crippen LogP contribution in [0.15, 0.2) is 18.5 Å². The molecular weight excluding hydrogens is 202 g/mol. The zero-order chi connectivity index (χ0) is 11.6. The summed E-state index contributed by atoms with van der Waals surface area (Å²) in [5.74, 6) is 1.33. The largest absolute Gasteiger partial charge is 0.492 e. The van der Waals surface area contributed by atoms with Gasteiger partial charge in [-0.1, -0.05) is 6.92 Å². The summed E-state index contributed by atoms with van der Waals surface area (Å²) >= 11 is 0. The van der Waals surface area contributed by atoms with E-state index in [9.17, 15) is 5.11 Å². The molecule has 1 aromatic rings. The molecule has 1 saturated carbocycles. The van der Waals surface area contributed by atoms with Crippen LogP contribution in [0.1, 0.15) is 38.7 Å². The molecule has 1 N–H and O–H groups in total. The van der Waals surface area contributed by atoms with Crippen LogP contribution in [0.25, 0.3) is 0 Å². The van der Waals surface area contributed by atoms with Crippen LogP contribution in [0.2, 0.25) is 0 Å². The molecule has 0 spiro atoms. The quantitative estimate of drug-likeness (QED) is 0.852. The van der Waals surface area contributed by atoms with Crippen molar-refractivity contribution in [2.75, 3.05) is 6.61 Å². The van der Waals surface area contributed by atoms with Crippen molar-refractivity contribution in [2.24, 2.45) is 5.92 Å². The fourth-order valence-corrected chi connectivity index (χ4v) is 2.45. The maximum Gasteiger partial charge on any atom is 0.137 e. The smallest absolute Gasteiger partial charge is 0.137 e. The van der Waals surface area contributed by atoms with Gasteiger partial charge in [0, 0.05) is 11.8 Å². The molecule has 1 aliphatic rings. The Balaban J connectivity index is 2.22. The van der Waals surface area contributed by atoms with E-state index in [0.717, 1.165) is 30.6 Å². The van der Waals surface area contributed by atoms with Crippen molar-refractivity contribution in [3.05, 3.63) is 24.0 Å². The van der Waals surface area contributed by atoms with Crippen molar-refractivity contribution in [3.8, 4) is 5.75 Å². The number of aliphatic hydroxyl groups is 1. The number of hydrogen-bond donors (Lipinski definition) is 1. The van der Waals surface area contributed by atoms with Crippen LogP contribution in [0, 0.1) is 5.92 Å². The summed E-state index contributed by atoms with van der Waals surface area (Å²) in [5.41, 5.74) is 0.197. The lowest BCUT2D eigenvalue weighted by Crippen LogP contribution is -2.21. The van der Waals surface area contributed by atoms with Gasteiger partial charge < -0.3 is 9.84 Å². The number of aromatic nitrogens is 1. The second-order valence-corrected chi connectivity index (χ2v) is 4.72. The Morgan fingerprint density at radius 1 is 1.56 bits per heavy atom. The lowest BCUT2D eigenvalue weighted by Gasteiger charge is -2.23. The molecule has 0 saturated heterocycles. The van der Waals surface area contributed by atoms with E-state index in [4.69, 9.17) is 4.74 Å². The summed E-state index contributed by atoms with van der Waals surface area (Å²) in [5, 5.41) is 10.5. The first kappa shape index (κ1) is 11.4. The van der Waals surface area contributed by atoms with E-state index >= 15 is 0 Å². The molecule has 0 aromatic carbocycles. The van der Waals surface area contributed by atoms with Gasteiger partial charge in [-0.2, -0.15) is 0 Å². The molecule has 2 rings (SSSR count). The van der Waals surface area contributed by atoms with Crippen LogP contribution >= 0.6 is 0 Å². The van der Waals surface area contributed by atoms with Gasteiger partial charge in [0.1, 0.15) is 5.75 Å². The van der Waals surface area contributed by atoms with Crippen molar-refractivity contribution in [2.45, 2.75) is 38.7 Å². The highest BCUT2D eigenvalue weighted by Gasteiger charge is 2.37. The molecule has 0 radical (unpaired) electrons. The fourth-order valence-electron chi connectivity index (χ4n) is 2.45. The molecule has 0 bridgehead atoms. The highest BCUT2D eigenvalue weighted by molar-refractivity contribution is 5.29. The SMILES string of the molecule is CCOc1cncc(C2(O)CCC(C)C2)c1. The van der Waals surface area contributed by atoms with Crippen LogP contribution < -0.4 is 4.74 Å². The average Bonchev–Trinajstić information content (AvgIpc) is 2.61. The summed E-state index contributed by atoms with van der Waals surface area (Å²) in [6.07, 6.45) is 6.17. The predicted molar refractivity (Wildman–Crippen MR) is 62.3 cm³/mol. The Bertz CT molecular complexity index is 367. The summed E-state index contributed by atoms with van der Waals surface area (Å²) < 4.78 is 5.40. The maximum atomic E-state index is 10.5. The van der Waals surface area contributed by atoms with Gasteiger partial charge in [-0.05, 0) is 38.2 Å². The second-order valence-electron chi connectivity index (χ2n) is 4.72. The van der Waals surface area contributed by atoms with Crippen LogP contribution in [0.4, 0.5) is 0 Å². The third-order valence-corrected chi connectivity index (χ3v) is 3.30. The minimum absolute atomic E-state index is 0.584. The van der Waals surface area contributed by atoms with Crippen molar-refractivity contribution in [1.82, 2.24) is 4.98 Å². The summed E-state index contributed by atoms with van der Waals surface area (Å²) in [7, 11) is 0. The van der Waals surface area contributed by atoms with Gasteiger partial charge in [-0.3, -0.25) is 4.98 Å². The number of rotatable bonds is 3. The Morgan fingerprint density at radius 2 is 2.38 bits per heavy atom. The molecule has 1 heterocycles. The van der Waals surface area contributed by atoms with Crippen LogP contribution in [-0.4, -0.2) is 16.7 Å². The molecule has 1 aliphatic carbocycles. The Kier molecular flexibility index (Phi) is 3.15. The zero-order valence-corrected chi connectivity index (χ0v) is 9.94. The van der Waals surface area contributed by atoms with Crippen LogP contribution in [0.5, 0.6) is 5.75 Å². The third kappa shape index (κ3) is 2.19. The monoisotopic (exact) mass is 221 g/mol. The van der Waals surface area contributed by atoms with Gasteiger partial charge in [-0.15, -0.1) is 0 Å². The topological polar surface area (TPSA) is 42.4 Å². The summed E-state index contributed by atoms with van der Waals surface area (Å²) in [6, 6.07) is 1.91. The number of ether oxygens (including phenoxy) is 1. The summed E-state index contributed by atoms with van der Waals surface area (Å²) in [6.45, 7) is 4.75. The molecular formula is C13H19NO2. The first-order valence-electron chi connectivity index (χ1n) is 5.95. The van der Waals surface area contributed by atoms with E-state index < -0.39 is 5.60 Å². The highest BCUT2D eigenvalue weighted by Crippen LogP contribution is 2.42. The molecule has 3 nitrogen and oxygen atoms in total. The Labute approximate surface area is 96.5 Å². The number of nitrogens with zero attached hydrogens (tertiary/aromatic N) is 1. The third-order valence-electron chi connectivity index (χ3n) is 3.30. The van der Waals surface area contributed by atoms with E-state index in [-0.39, 0.29) is 0 Å². The lowest BCUT2D eigenvalue weighted by molar-refractivity contribution is 0.0401. The standard InChI is InChI=1S/C13H19NO2/c1-3-16-12-6-11(8-14-9-12)13(15)5-4-10(2)7-13/h6,8-10,15H,3-5,7H2,1-2H3. The molecule has 0 amide bonds. The second kappa shape index (κ2) is 4.42.